The van der Waals surface area contributed by atoms with Crippen molar-refractivity contribution in [3.8, 4) is 0 Å². The number of nitrogens with one attached hydrogen (secondary N) is 1. The number of rotatable bonds is 4. The predicted molar refractivity (Wildman–Crippen MR) is 82.6 cm³/mol. The van der Waals surface area contributed by atoms with Crippen LogP contribution in [0.15, 0.2) is 18.2 Å². The van der Waals surface area contributed by atoms with Crippen LogP contribution in [0.4, 0.5) is 10.1 Å². The molecule has 1 aromatic rings. The fourth-order valence-electron chi connectivity index (χ4n) is 2.61. The standard InChI is InChI=1S/C15H23FN2S/c1-4-17-12(3)14-9-13(16)5-6-15(14)18-7-8-19-11(2)10-18/h5-6,9,11-12,17H,4,7-8,10H2,1-3H3. The second-order valence-electron chi connectivity index (χ2n) is 5.11. The Morgan fingerprint density at radius 2 is 2.32 bits per heavy atom. The fraction of sp³-hybridized carbons (Fsp3) is 0.600. The maximum atomic E-state index is 13.5. The molecule has 0 saturated carbocycles. The van der Waals surface area contributed by atoms with Gasteiger partial charge in [-0.15, -0.1) is 0 Å². The summed E-state index contributed by atoms with van der Waals surface area (Å²) in [6, 6.07) is 5.36. The molecule has 1 saturated heterocycles. The van der Waals surface area contributed by atoms with E-state index in [-0.39, 0.29) is 11.9 Å². The first-order valence-corrected chi connectivity index (χ1v) is 8.06. The van der Waals surface area contributed by atoms with Gasteiger partial charge in [-0.1, -0.05) is 13.8 Å². The Balaban J connectivity index is 2.27. The number of anilines is 1. The van der Waals surface area contributed by atoms with Crippen LogP contribution in [0.2, 0.25) is 0 Å². The number of hydrogen-bond donors (Lipinski definition) is 1. The van der Waals surface area contributed by atoms with E-state index in [1.54, 1.807) is 12.1 Å². The SMILES string of the molecule is CCNC(C)c1cc(F)ccc1N1CCSC(C)C1. The van der Waals surface area contributed by atoms with Crippen molar-refractivity contribution in [1.29, 1.82) is 0 Å². The highest BCUT2D eigenvalue weighted by atomic mass is 32.2. The summed E-state index contributed by atoms with van der Waals surface area (Å²) in [6.45, 7) is 9.42. The minimum atomic E-state index is -0.150. The molecular weight excluding hydrogens is 259 g/mol. The van der Waals surface area contributed by atoms with Gasteiger partial charge in [-0.2, -0.15) is 11.8 Å². The van der Waals surface area contributed by atoms with Crippen LogP contribution in [0.3, 0.4) is 0 Å². The van der Waals surface area contributed by atoms with Crippen LogP contribution in [0.5, 0.6) is 0 Å². The van der Waals surface area contributed by atoms with Crippen molar-refractivity contribution in [1.82, 2.24) is 5.32 Å². The molecule has 1 aliphatic rings. The third-order valence-corrected chi connectivity index (χ3v) is 4.68. The molecule has 1 heterocycles. The Hall–Kier alpha value is -0.740. The van der Waals surface area contributed by atoms with Crippen LogP contribution in [0.1, 0.15) is 32.4 Å². The summed E-state index contributed by atoms with van der Waals surface area (Å²) in [5.41, 5.74) is 2.25. The van der Waals surface area contributed by atoms with Crippen molar-refractivity contribution in [3.63, 3.8) is 0 Å². The molecule has 1 aliphatic heterocycles. The molecular formula is C15H23FN2S. The largest absolute Gasteiger partial charge is 0.369 e. The van der Waals surface area contributed by atoms with Gasteiger partial charge in [0.1, 0.15) is 5.82 Å². The Morgan fingerprint density at radius 1 is 1.53 bits per heavy atom. The quantitative estimate of drug-likeness (QED) is 0.911. The molecule has 2 atom stereocenters. The van der Waals surface area contributed by atoms with Crippen LogP contribution < -0.4 is 10.2 Å². The van der Waals surface area contributed by atoms with E-state index in [1.807, 2.05) is 17.8 Å². The zero-order valence-electron chi connectivity index (χ0n) is 11.9. The van der Waals surface area contributed by atoms with E-state index in [0.717, 1.165) is 31.0 Å². The topological polar surface area (TPSA) is 15.3 Å². The van der Waals surface area contributed by atoms with E-state index < -0.39 is 0 Å². The predicted octanol–water partition coefficient (Wildman–Crippen LogP) is 3.44. The van der Waals surface area contributed by atoms with Crippen LogP contribution >= 0.6 is 11.8 Å². The third-order valence-electron chi connectivity index (χ3n) is 3.55. The van der Waals surface area contributed by atoms with Crippen LogP contribution in [0, 0.1) is 5.82 Å². The number of nitrogens with zero attached hydrogens (tertiary/aromatic N) is 1. The van der Waals surface area contributed by atoms with Gasteiger partial charge in [-0.3, -0.25) is 0 Å². The van der Waals surface area contributed by atoms with Gasteiger partial charge in [0, 0.05) is 35.8 Å². The van der Waals surface area contributed by atoms with Crippen LogP contribution in [0.25, 0.3) is 0 Å². The third kappa shape index (κ3) is 3.63. The normalized spacial score (nSPS) is 21.5. The molecule has 1 fully saturated rings. The van der Waals surface area contributed by atoms with Crippen molar-refractivity contribution < 1.29 is 4.39 Å². The smallest absolute Gasteiger partial charge is 0.123 e. The first kappa shape index (κ1) is 14.7. The number of halogens is 1. The molecule has 2 rings (SSSR count). The van der Waals surface area contributed by atoms with E-state index in [9.17, 15) is 4.39 Å². The lowest BCUT2D eigenvalue weighted by Gasteiger charge is -2.34. The lowest BCUT2D eigenvalue weighted by atomic mass is 10.0. The molecule has 19 heavy (non-hydrogen) atoms. The first-order valence-electron chi connectivity index (χ1n) is 7.01. The number of benzene rings is 1. The van der Waals surface area contributed by atoms with Crippen molar-refractivity contribution in [2.45, 2.75) is 32.1 Å². The monoisotopic (exact) mass is 282 g/mol. The molecule has 0 bridgehead atoms. The minimum Gasteiger partial charge on any atom is -0.369 e. The van der Waals surface area contributed by atoms with Gasteiger partial charge in [0.2, 0.25) is 0 Å². The zero-order chi connectivity index (χ0) is 13.8. The molecule has 2 nitrogen and oxygen atoms in total. The van der Waals surface area contributed by atoms with E-state index in [0.29, 0.717) is 5.25 Å². The molecule has 2 unspecified atom stereocenters. The summed E-state index contributed by atoms with van der Waals surface area (Å²) < 4.78 is 13.5. The Morgan fingerprint density at radius 3 is 3.00 bits per heavy atom. The van der Waals surface area contributed by atoms with Gasteiger partial charge in [0.25, 0.3) is 0 Å². The van der Waals surface area contributed by atoms with Crippen molar-refractivity contribution in [2.75, 3.05) is 30.3 Å². The van der Waals surface area contributed by atoms with Crippen LogP contribution in [-0.2, 0) is 0 Å². The Kier molecular flexibility index (Phi) is 5.11. The van der Waals surface area contributed by atoms with Gasteiger partial charge in [0.05, 0.1) is 0 Å². The molecule has 0 spiro atoms. The van der Waals surface area contributed by atoms with Crippen molar-refractivity contribution >= 4 is 17.4 Å². The van der Waals surface area contributed by atoms with Gasteiger partial charge in [-0.25, -0.2) is 4.39 Å². The zero-order valence-corrected chi connectivity index (χ0v) is 12.8. The summed E-state index contributed by atoms with van der Waals surface area (Å²) in [7, 11) is 0. The highest BCUT2D eigenvalue weighted by molar-refractivity contribution is 8.00. The summed E-state index contributed by atoms with van der Waals surface area (Å²) in [4.78, 5) is 2.39. The summed E-state index contributed by atoms with van der Waals surface area (Å²) >= 11 is 2.01. The Bertz CT molecular complexity index is 425. The maximum absolute atomic E-state index is 13.5. The second-order valence-corrected chi connectivity index (χ2v) is 6.66. The van der Waals surface area contributed by atoms with Crippen molar-refractivity contribution in [2.24, 2.45) is 0 Å². The second kappa shape index (κ2) is 6.62. The summed E-state index contributed by atoms with van der Waals surface area (Å²) in [6.07, 6.45) is 0. The lowest BCUT2D eigenvalue weighted by molar-refractivity contribution is 0.580. The minimum absolute atomic E-state index is 0.150. The maximum Gasteiger partial charge on any atom is 0.123 e. The van der Waals surface area contributed by atoms with Gasteiger partial charge >= 0.3 is 0 Å². The lowest BCUT2D eigenvalue weighted by Crippen LogP contribution is -2.37. The van der Waals surface area contributed by atoms with Gasteiger partial charge in [-0.05, 0) is 37.2 Å². The molecule has 1 aromatic carbocycles. The molecule has 1 N–H and O–H groups in total. The number of hydrogen-bond acceptors (Lipinski definition) is 3. The molecule has 106 valence electrons. The molecule has 0 aromatic heterocycles. The molecule has 0 radical (unpaired) electrons. The summed E-state index contributed by atoms with van der Waals surface area (Å²) in [5.74, 6) is 0.996. The highest BCUT2D eigenvalue weighted by Crippen LogP contribution is 2.30. The number of thioether (sulfide) groups is 1. The first-order chi connectivity index (χ1) is 9.11. The summed E-state index contributed by atoms with van der Waals surface area (Å²) in [5, 5.41) is 4.02. The molecule has 0 aliphatic carbocycles. The van der Waals surface area contributed by atoms with E-state index in [4.69, 9.17) is 0 Å². The van der Waals surface area contributed by atoms with E-state index in [1.165, 1.54) is 5.69 Å². The highest BCUT2D eigenvalue weighted by Gasteiger charge is 2.21. The fourth-order valence-corrected chi connectivity index (χ4v) is 3.63. The van der Waals surface area contributed by atoms with Gasteiger partial charge < -0.3 is 10.2 Å². The molecule has 4 heteroatoms. The van der Waals surface area contributed by atoms with Crippen LogP contribution in [-0.4, -0.2) is 30.6 Å². The van der Waals surface area contributed by atoms with E-state index in [2.05, 4.69) is 31.0 Å². The average molecular weight is 282 g/mol. The van der Waals surface area contributed by atoms with E-state index >= 15 is 0 Å². The Labute approximate surface area is 119 Å². The van der Waals surface area contributed by atoms with Gasteiger partial charge in [0.15, 0.2) is 0 Å². The van der Waals surface area contributed by atoms with Crippen molar-refractivity contribution in [3.05, 3.63) is 29.6 Å². The molecule has 0 amide bonds. The average Bonchev–Trinajstić information content (AvgIpc) is 2.39.